The van der Waals surface area contributed by atoms with Crippen molar-refractivity contribution in [2.45, 2.75) is 0 Å². The number of carbonyl (C=O) groups is 2. The van der Waals surface area contributed by atoms with Crippen LogP contribution in [-0.4, -0.2) is 21.9 Å². The number of rotatable bonds is 3. The smallest absolute Gasteiger partial charge is 0.269 e. The largest absolute Gasteiger partial charge is 0.298 e. The molecule has 0 radical (unpaired) electrons. The maximum atomic E-state index is 11.7. The Labute approximate surface area is 136 Å². The predicted molar refractivity (Wildman–Crippen MR) is 88.9 cm³/mol. The minimum absolute atomic E-state index is 0.00300. The molecule has 0 bridgehead atoms. The number of hydrazine groups is 1. The van der Waals surface area contributed by atoms with Gasteiger partial charge in [0.2, 0.25) is 5.91 Å². The molecule has 2 aromatic heterocycles. The quantitative estimate of drug-likeness (QED) is 0.451. The molecule has 3 N–H and O–H groups in total. The lowest BCUT2D eigenvalue weighted by molar-refractivity contribution is -0.115. The fourth-order valence-electron chi connectivity index (χ4n) is 1.42. The Hall–Kier alpha value is -2.58. The van der Waals surface area contributed by atoms with Crippen LogP contribution in [0.3, 0.4) is 0 Å². The van der Waals surface area contributed by atoms with E-state index in [9.17, 15) is 9.59 Å². The van der Waals surface area contributed by atoms with Crippen LogP contribution in [0.1, 0.15) is 15.2 Å². The van der Waals surface area contributed by atoms with E-state index in [4.69, 9.17) is 12.2 Å². The molecule has 0 saturated carbocycles. The van der Waals surface area contributed by atoms with Crippen molar-refractivity contribution in [2.24, 2.45) is 0 Å². The molecule has 2 amide bonds. The Morgan fingerprint density at radius 1 is 1.18 bits per heavy atom. The second-order valence-corrected chi connectivity index (χ2v) is 5.37. The Balaban J connectivity index is 1.76. The lowest BCUT2D eigenvalue weighted by atomic mass is 10.3. The molecule has 0 aliphatic rings. The first-order chi connectivity index (χ1) is 10.6. The van der Waals surface area contributed by atoms with Crippen LogP contribution in [-0.2, 0) is 4.79 Å². The van der Waals surface area contributed by atoms with E-state index in [2.05, 4.69) is 21.2 Å². The van der Waals surface area contributed by atoms with Crippen molar-refractivity contribution in [2.75, 3.05) is 0 Å². The van der Waals surface area contributed by atoms with E-state index in [1.54, 1.807) is 18.2 Å². The second-order valence-electron chi connectivity index (χ2n) is 3.98. The zero-order valence-electron chi connectivity index (χ0n) is 11.3. The topological polar surface area (TPSA) is 83.1 Å². The van der Waals surface area contributed by atoms with E-state index >= 15 is 0 Å². The number of nitrogens with zero attached hydrogens (tertiary/aromatic N) is 1. The number of pyridine rings is 1. The van der Waals surface area contributed by atoms with E-state index in [1.165, 1.54) is 29.8 Å². The summed E-state index contributed by atoms with van der Waals surface area (Å²) >= 11 is 6.43. The van der Waals surface area contributed by atoms with Crippen LogP contribution in [0.5, 0.6) is 0 Å². The van der Waals surface area contributed by atoms with Gasteiger partial charge >= 0.3 is 0 Å². The van der Waals surface area contributed by atoms with Crippen LogP contribution in [0.2, 0.25) is 0 Å². The lowest BCUT2D eigenvalue weighted by Gasteiger charge is -2.09. The van der Waals surface area contributed by atoms with Crippen molar-refractivity contribution in [3.05, 3.63) is 58.6 Å². The van der Waals surface area contributed by atoms with Crippen molar-refractivity contribution >= 4 is 46.6 Å². The molecule has 2 aromatic rings. The van der Waals surface area contributed by atoms with Gasteiger partial charge in [0, 0.05) is 28.9 Å². The Morgan fingerprint density at radius 3 is 2.64 bits per heavy atom. The van der Waals surface area contributed by atoms with Crippen molar-refractivity contribution in [3.8, 4) is 0 Å². The van der Waals surface area contributed by atoms with E-state index in [0.29, 0.717) is 5.56 Å². The fraction of sp³-hybridized carbons (Fsp3) is 0. The van der Waals surface area contributed by atoms with Gasteiger partial charge in [-0.25, -0.2) is 0 Å². The van der Waals surface area contributed by atoms with Gasteiger partial charge < -0.3 is 0 Å². The van der Waals surface area contributed by atoms with Crippen LogP contribution in [0.4, 0.5) is 0 Å². The SMILES string of the molecule is O=C(/C=C/c1cccs1)NC(=S)NNC(=O)c1ccncc1. The molecule has 0 saturated heterocycles. The van der Waals surface area contributed by atoms with Gasteiger partial charge in [-0.15, -0.1) is 11.3 Å². The summed E-state index contributed by atoms with van der Waals surface area (Å²) in [5, 5.41) is 4.34. The van der Waals surface area contributed by atoms with Crippen LogP contribution in [0, 0.1) is 0 Å². The Kier molecular flexibility index (Phi) is 5.75. The molecule has 0 aliphatic carbocycles. The highest BCUT2D eigenvalue weighted by molar-refractivity contribution is 7.80. The highest BCUT2D eigenvalue weighted by atomic mass is 32.1. The maximum absolute atomic E-state index is 11.7. The minimum atomic E-state index is -0.385. The summed E-state index contributed by atoms with van der Waals surface area (Å²) in [6, 6.07) is 6.90. The summed E-state index contributed by atoms with van der Waals surface area (Å²) in [7, 11) is 0. The van der Waals surface area contributed by atoms with Gasteiger partial charge in [-0.3, -0.25) is 30.7 Å². The molecule has 0 atom stereocenters. The zero-order chi connectivity index (χ0) is 15.8. The monoisotopic (exact) mass is 332 g/mol. The number of aromatic nitrogens is 1. The molecule has 112 valence electrons. The lowest BCUT2D eigenvalue weighted by Crippen LogP contribution is -2.48. The highest BCUT2D eigenvalue weighted by Crippen LogP contribution is 2.09. The van der Waals surface area contributed by atoms with Gasteiger partial charge in [-0.1, -0.05) is 6.07 Å². The zero-order valence-corrected chi connectivity index (χ0v) is 12.9. The summed E-state index contributed by atoms with van der Waals surface area (Å²) in [5.74, 6) is -0.766. The van der Waals surface area contributed by atoms with Gasteiger partial charge in [0.25, 0.3) is 5.91 Å². The number of hydrogen-bond acceptors (Lipinski definition) is 5. The summed E-state index contributed by atoms with van der Waals surface area (Å²) in [6.07, 6.45) is 6.05. The highest BCUT2D eigenvalue weighted by Gasteiger charge is 2.05. The van der Waals surface area contributed by atoms with Gasteiger partial charge in [-0.05, 0) is 41.9 Å². The first-order valence-corrected chi connectivity index (χ1v) is 7.47. The normalized spacial score (nSPS) is 10.2. The first kappa shape index (κ1) is 15.8. The number of hydrogen-bond donors (Lipinski definition) is 3. The van der Waals surface area contributed by atoms with E-state index < -0.39 is 0 Å². The number of amides is 2. The van der Waals surface area contributed by atoms with Crippen molar-refractivity contribution in [1.82, 2.24) is 21.2 Å². The molecule has 0 fully saturated rings. The molecule has 2 rings (SSSR count). The molecule has 8 heteroatoms. The van der Waals surface area contributed by atoms with Crippen LogP contribution >= 0.6 is 23.6 Å². The minimum Gasteiger partial charge on any atom is -0.298 e. The molecule has 0 spiro atoms. The van der Waals surface area contributed by atoms with Crippen molar-refractivity contribution in [3.63, 3.8) is 0 Å². The molecule has 0 aromatic carbocycles. The molecular formula is C14H12N4O2S2. The van der Waals surface area contributed by atoms with Gasteiger partial charge in [0.05, 0.1) is 0 Å². The van der Waals surface area contributed by atoms with E-state index in [-0.39, 0.29) is 16.9 Å². The Bertz CT molecular complexity index is 684. The molecular weight excluding hydrogens is 320 g/mol. The molecule has 22 heavy (non-hydrogen) atoms. The number of carbonyl (C=O) groups excluding carboxylic acids is 2. The summed E-state index contributed by atoms with van der Waals surface area (Å²) < 4.78 is 0. The maximum Gasteiger partial charge on any atom is 0.269 e. The first-order valence-electron chi connectivity index (χ1n) is 6.18. The van der Waals surface area contributed by atoms with E-state index in [0.717, 1.165) is 4.88 Å². The van der Waals surface area contributed by atoms with Gasteiger partial charge in [0.1, 0.15) is 0 Å². The summed E-state index contributed by atoms with van der Waals surface area (Å²) in [6.45, 7) is 0. The third-order valence-electron chi connectivity index (χ3n) is 2.41. The van der Waals surface area contributed by atoms with Crippen LogP contribution in [0.15, 0.2) is 48.1 Å². The summed E-state index contributed by atoms with van der Waals surface area (Å²) in [5.41, 5.74) is 5.26. The molecule has 0 unspecified atom stereocenters. The standard InChI is InChI=1S/C14H12N4O2S2/c19-12(4-3-11-2-1-9-22-11)16-14(21)18-17-13(20)10-5-7-15-8-6-10/h1-9H,(H,17,20)(H2,16,18,19,21)/b4-3+. The number of thiocarbonyl (C=S) groups is 1. The number of nitrogens with one attached hydrogen (secondary N) is 3. The van der Waals surface area contributed by atoms with Crippen molar-refractivity contribution < 1.29 is 9.59 Å². The third kappa shape index (κ3) is 5.08. The third-order valence-corrected chi connectivity index (χ3v) is 3.45. The molecule has 2 heterocycles. The van der Waals surface area contributed by atoms with Crippen LogP contribution in [0.25, 0.3) is 6.08 Å². The Morgan fingerprint density at radius 2 is 1.95 bits per heavy atom. The van der Waals surface area contributed by atoms with Crippen LogP contribution < -0.4 is 16.2 Å². The predicted octanol–water partition coefficient (Wildman–Crippen LogP) is 1.49. The van der Waals surface area contributed by atoms with Gasteiger partial charge in [-0.2, -0.15) is 0 Å². The molecule has 6 nitrogen and oxygen atoms in total. The van der Waals surface area contributed by atoms with E-state index in [1.807, 2.05) is 17.5 Å². The fourth-order valence-corrected chi connectivity index (χ4v) is 2.19. The average Bonchev–Trinajstić information content (AvgIpc) is 3.05. The summed E-state index contributed by atoms with van der Waals surface area (Å²) in [4.78, 5) is 28.1. The number of thiophene rings is 1. The van der Waals surface area contributed by atoms with Crippen molar-refractivity contribution in [1.29, 1.82) is 0 Å². The van der Waals surface area contributed by atoms with Gasteiger partial charge in [0.15, 0.2) is 5.11 Å². The molecule has 0 aliphatic heterocycles. The second kappa shape index (κ2) is 8.01. The average molecular weight is 332 g/mol.